The van der Waals surface area contributed by atoms with Crippen molar-refractivity contribution in [1.82, 2.24) is 10.4 Å². The Morgan fingerprint density at radius 1 is 1.85 bits per heavy atom. The number of amides is 1. The zero-order valence-electron chi connectivity index (χ0n) is 7.95. The summed E-state index contributed by atoms with van der Waals surface area (Å²) < 4.78 is 5.44. The topological polar surface area (TPSA) is 41.6 Å². The van der Waals surface area contributed by atoms with E-state index in [4.69, 9.17) is 4.74 Å². The second kappa shape index (κ2) is 4.99. The molecule has 1 saturated heterocycles. The monoisotopic (exact) mass is 184 g/mol. The summed E-state index contributed by atoms with van der Waals surface area (Å²) in [5, 5.41) is 1.83. The molecule has 1 amide bonds. The standard InChI is InChI=1S/C9H16N2O2/c1-3-8(12)10-11-7-5-6-9(11)13-4-2/h3,9H,1,4-7H2,2H3,(H,10,12). The molecule has 0 saturated carbocycles. The second-order valence-electron chi connectivity index (χ2n) is 2.93. The van der Waals surface area contributed by atoms with E-state index in [1.807, 2.05) is 11.9 Å². The first kappa shape index (κ1) is 10.2. The molecule has 1 N–H and O–H groups in total. The van der Waals surface area contributed by atoms with Gasteiger partial charge in [-0.3, -0.25) is 10.2 Å². The Hall–Kier alpha value is -0.870. The first-order chi connectivity index (χ1) is 6.27. The number of hydrogen-bond donors (Lipinski definition) is 1. The maximum absolute atomic E-state index is 11.0. The van der Waals surface area contributed by atoms with Crippen LogP contribution < -0.4 is 5.43 Å². The predicted octanol–water partition coefficient (Wildman–Crippen LogP) is 0.662. The molecule has 0 spiro atoms. The van der Waals surface area contributed by atoms with Crippen molar-refractivity contribution in [2.75, 3.05) is 13.2 Å². The molecule has 1 atom stereocenters. The van der Waals surface area contributed by atoms with Crippen LogP contribution in [0.5, 0.6) is 0 Å². The molecule has 0 bridgehead atoms. The van der Waals surface area contributed by atoms with Crippen molar-refractivity contribution in [3.8, 4) is 0 Å². The molecule has 0 aromatic carbocycles. The molecule has 1 heterocycles. The molecule has 0 aliphatic carbocycles. The van der Waals surface area contributed by atoms with Crippen molar-refractivity contribution >= 4 is 5.91 Å². The van der Waals surface area contributed by atoms with Crippen molar-refractivity contribution < 1.29 is 9.53 Å². The van der Waals surface area contributed by atoms with Gasteiger partial charge in [-0.25, -0.2) is 0 Å². The lowest BCUT2D eigenvalue weighted by Crippen LogP contribution is -2.45. The van der Waals surface area contributed by atoms with Crippen molar-refractivity contribution in [2.24, 2.45) is 0 Å². The van der Waals surface area contributed by atoms with Crippen molar-refractivity contribution in [2.45, 2.75) is 26.0 Å². The smallest absolute Gasteiger partial charge is 0.257 e. The summed E-state index contributed by atoms with van der Waals surface area (Å²) in [6, 6.07) is 0. The number of hydrogen-bond acceptors (Lipinski definition) is 3. The van der Waals surface area contributed by atoms with E-state index >= 15 is 0 Å². The number of carbonyl (C=O) groups excluding carboxylic acids is 1. The summed E-state index contributed by atoms with van der Waals surface area (Å²) in [7, 11) is 0. The number of carbonyl (C=O) groups is 1. The van der Waals surface area contributed by atoms with Gasteiger partial charge in [0.05, 0.1) is 0 Å². The first-order valence-corrected chi connectivity index (χ1v) is 4.59. The van der Waals surface area contributed by atoms with Gasteiger partial charge in [-0.05, 0) is 25.8 Å². The minimum atomic E-state index is -0.174. The third kappa shape index (κ3) is 2.82. The van der Waals surface area contributed by atoms with Crippen LogP contribution in [0.25, 0.3) is 0 Å². The second-order valence-corrected chi connectivity index (χ2v) is 2.93. The zero-order valence-corrected chi connectivity index (χ0v) is 7.95. The molecule has 1 rings (SSSR count). The molecule has 4 heteroatoms. The molecular weight excluding hydrogens is 168 g/mol. The summed E-state index contributed by atoms with van der Waals surface area (Å²) in [6.45, 7) is 6.87. The first-order valence-electron chi connectivity index (χ1n) is 4.59. The van der Waals surface area contributed by atoms with Gasteiger partial charge in [-0.1, -0.05) is 6.58 Å². The number of nitrogens with one attached hydrogen (secondary N) is 1. The van der Waals surface area contributed by atoms with Gasteiger partial charge in [0.1, 0.15) is 6.23 Å². The average molecular weight is 184 g/mol. The van der Waals surface area contributed by atoms with E-state index in [2.05, 4.69) is 12.0 Å². The highest BCUT2D eigenvalue weighted by Crippen LogP contribution is 2.15. The highest BCUT2D eigenvalue weighted by molar-refractivity contribution is 5.86. The van der Waals surface area contributed by atoms with Crippen LogP contribution in [-0.4, -0.2) is 30.3 Å². The van der Waals surface area contributed by atoms with Crippen LogP contribution in [0.4, 0.5) is 0 Å². The van der Waals surface area contributed by atoms with Gasteiger partial charge in [0.2, 0.25) is 0 Å². The maximum Gasteiger partial charge on any atom is 0.257 e. The number of rotatable bonds is 4. The fourth-order valence-corrected chi connectivity index (χ4v) is 1.42. The molecule has 4 nitrogen and oxygen atoms in total. The lowest BCUT2D eigenvalue weighted by molar-refractivity contribution is -0.127. The quantitative estimate of drug-likeness (QED) is 0.653. The molecule has 0 aromatic heterocycles. The van der Waals surface area contributed by atoms with Crippen molar-refractivity contribution in [1.29, 1.82) is 0 Å². The van der Waals surface area contributed by atoms with Crippen molar-refractivity contribution in [3.05, 3.63) is 12.7 Å². The summed E-state index contributed by atoms with van der Waals surface area (Å²) >= 11 is 0. The van der Waals surface area contributed by atoms with E-state index in [-0.39, 0.29) is 12.1 Å². The highest BCUT2D eigenvalue weighted by atomic mass is 16.5. The molecule has 13 heavy (non-hydrogen) atoms. The Labute approximate surface area is 78.5 Å². The highest BCUT2D eigenvalue weighted by Gasteiger charge is 2.25. The zero-order chi connectivity index (χ0) is 9.68. The van der Waals surface area contributed by atoms with Gasteiger partial charge in [-0.15, -0.1) is 0 Å². The Balaban J connectivity index is 2.38. The fraction of sp³-hybridized carbons (Fsp3) is 0.667. The Bertz CT molecular complexity index is 194. The minimum Gasteiger partial charge on any atom is -0.362 e. The molecule has 0 radical (unpaired) electrons. The van der Waals surface area contributed by atoms with Crippen LogP contribution in [0.15, 0.2) is 12.7 Å². The van der Waals surface area contributed by atoms with Crippen LogP contribution in [-0.2, 0) is 9.53 Å². The van der Waals surface area contributed by atoms with E-state index in [1.165, 1.54) is 6.08 Å². The molecule has 1 aliphatic heterocycles. The van der Waals surface area contributed by atoms with Gasteiger partial charge < -0.3 is 4.74 Å². The normalized spacial score (nSPS) is 23.0. The summed E-state index contributed by atoms with van der Waals surface area (Å²) in [4.78, 5) is 11.0. The average Bonchev–Trinajstić information content (AvgIpc) is 2.54. The van der Waals surface area contributed by atoms with Gasteiger partial charge in [0.25, 0.3) is 5.91 Å². The van der Waals surface area contributed by atoms with E-state index in [0.717, 1.165) is 19.4 Å². The van der Waals surface area contributed by atoms with Gasteiger partial charge in [-0.2, -0.15) is 5.01 Å². The molecular formula is C9H16N2O2. The SMILES string of the molecule is C=CC(=O)NN1CCCC1OCC. The van der Waals surface area contributed by atoms with Gasteiger partial charge in [0.15, 0.2) is 0 Å². The van der Waals surface area contributed by atoms with Crippen LogP contribution in [0.3, 0.4) is 0 Å². The number of ether oxygens (including phenoxy) is 1. The summed E-state index contributed by atoms with van der Waals surface area (Å²) in [5.41, 5.74) is 2.71. The number of hydrazine groups is 1. The molecule has 1 unspecified atom stereocenters. The maximum atomic E-state index is 11.0. The summed E-state index contributed by atoms with van der Waals surface area (Å²) in [5.74, 6) is -0.174. The third-order valence-electron chi connectivity index (χ3n) is 2.00. The molecule has 1 fully saturated rings. The van der Waals surface area contributed by atoms with Crippen LogP contribution in [0.2, 0.25) is 0 Å². The van der Waals surface area contributed by atoms with E-state index in [1.54, 1.807) is 0 Å². The third-order valence-corrected chi connectivity index (χ3v) is 2.00. The molecule has 74 valence electrons. The Morgan fingerprint density at radius 2 is 2.62 bits per heavy atom. The lowest BCUT2D eigenvalue weighted by atomic mass is 10.4. The van der Waals surface area contributed by atoms with E-state index in [0.29, 0.717) is 6.61 Å². The number of nitrogens with zero attached hydrogens (tertiary/aromatic N) is 1. The minimum absolute atomic E-state index is 0.0360. The van der Waals surface area contributed by atoms with Gasteiger partial charge in [0, 0.05) is 13.2 Å². The summed E-state index contributed by atoms with van der Waals surface area (Å²) in [6.07, 6.45) is 3.34. The van der Waals surface area contributed by atoms with Crippen LogP contribution in [0.1, 0.15) is 19.8 Å². The van der Waals surface area contributed by atoms with Crippen LogP contribution in [0, 0.1) is 0 Å². The van der Waals surface area contributed by atoms with Gasteiger partial charge >= 0.3 is 0 Å². The Morgan fingerprint density at radius 3 is 3.23 bits per heavy atom. The molecule has 0 aromatic rings. The lowest BCUT2D eigenvalue weighted by Gasteiger charge is -2.23. The molecule has 1 aliphatic rings. The predicted molar refractivity (Wildman–Crippen MR) is 49.7 cm³/mol. The van der Waals surface area contributed by atoms with Crippen molar-refractivity contribution in [3.63, 3.8) is 0 Å². The largest absolute Gasteiger partial charge is 0.362 e. The van der Waals surface area contributed by atoms with E-state index < -0.39 is 0 Å². The fourth-order valence-electron chi connectivity index (χ4n) is 1.42. The Kier molecular flexibility index (Phi) is 3.92. The van der Waals surface area contributed by atoms with E-state index in [9.17, 15) is 4.79 Å². The van der Waals surface area contributed by atoms with Crippen LogP contribution >= 0.6 is 0 Å².